The monoisotopic (exact) mass is 468 g/mol. The zero-order chi connectivity index (χ0) is 24.3. The smallest absolute Gasteiger partial charge is 0.312 e. The number of esters is 1. The third kappa shape index (κ3) is 6.46. The van der Waals surface area contributed by atoms with Gasteiger partial charge in [0.15, 0.2) is 0 Å². The fourth-order valence-corrected chi connectivity index (χ4v) is 4.86. The summed E-state index contributed by atoms with van der Waals surface area (Å²) in [5.41, 5.74) is 2.93. The number of fused-ring (bicyclic) bond motifs is 1. The maximum Gasteiger partial charge on any atom is 0.312 e. The fraction of sp³-hybridized carbons (Fsp3) is 0.552. The fourth-order valence-electron chi connectivity index (χ4n) is 4.86. The van der Waals surface area contributed by atoms with E-state index in [2.05, 4.69) is 6.92 Å². The minimum Gasteiger partial charge on any atom is -0.497 e. The van der Waals surface area contributed by atoms with Crippen molar-refractivity contribution in [1.29, 1.82) is 0 Å². The summed E-state index contributed by atoms with van der Waals surface area (Å²) in [7, 11) is 4.96. The quantitative estimate of drug-likeness (QED) is 0.166. The highest BCUT2D eigenvalue weighted by atomic mass is 16.5. The summed E-state index contributed by atoms with van der Waals surface area (Å²) in [5.74, 6) is 2.46. The summed E-state index contributed by atoms with van der Waals surface area (Å²) in [6.07, 6.45) is 12.5. The van der Waals surface area contributed by atoms with Crippen LogP contribution in [0, 0.1) is 0 Å². The van der Waals surface area contributed by atoms with Crippen LogP contribution in [0.4, 0.5) is 0 Å². The molecule has 3 rings (SSSR count). The molecule has 0 spiro atoms. The number of carbonyl (C=O) groups is 1. The van der Waals surface area contributed by atoms with Crippen molar-refractivity contribution in [3.05, 3.63) is 47.0 Å². The maximum absolute atomic E-state index is 12.7. The van der Waals surface area contributed by atoms with Crippen molar-refractivity contribution in [2.75, 3.05) is 21.3 Å². The van der Waals surface area contributed by atoms with Gasteiger partial charge in [0.1, 0.15) is 23.0 Å². The van der Waals surface area contributed by atoms with Gasteiger partial charge in [-0.3, -0.25) is 4.79 Å². The minimum atomic E-state index is -0.225. The van der Waals surface area contributed by atoms with Gasteiger partial charge in [0.2, 0.25) is 0 Å². The first-order valence-electron chi connectivity index (χ1n) is 12.7. The Labute approximate surface area is 204 Å². The second-order valence-electron chi connectivity index (χ2n) is 9.08. The van der Waals surface area contributed by atoms with Crippen LogP contribution in [0.25, 0.3) is 0 Å². The zero-order valence-corrected chi connectivity index (χ0v) is 21.3. The second kappa shape index (κ2) is 13.3. The van der Waals surface area contributed by atoms with E-state index in [9.17, 15) is 4.79 Å². The van der Waals surface area contributed by atoms with E-state index in [1.165, 1.54) is 44.9 Å². The summed E-state index contributed by atoms with van der Waals surface area (Å²) in [5, 5.41) is 0. The highest BCUT2D eigenvalue weighted by Gasteiger charge is 2.35. The average Bonchev–Trinajstić information content (AvgIpc) is 2.87. The molecule has 1 unspecified atom stereocenters. The third-order valence-corrected chi connectivity index (χ3v) is 6.77. The molecule has 2 aromatic rings. The summed E-state index contributed by atoms with van der Waals surface area (Å²) >= 11 is 0. The summed E-state index contributed by atoms with van der Waals surface area (Å²) in [6, 6.07) is 9.81. The van der Waals surface area contributed by atoms with Gasteiger partial charge in [0, 0.05) is 23.1 Å². The number of carbonyl (C=O) groups excluding carboxylic acids is 1. The van der Waals surface area contributed by atoms with Gasteiger partial charge in [0.25, 0.3) is 0 Å². The van der Waals surface area contributed by atoms with Crippen LogP contribution in [0.1, 0.15) is 93.7 Å². The molecule has 0 bridgehead atoms. The SMILES string of the molecule is CCCCCCCCCCCc1c(OC)cc(OC)c2c1OC(=O)CC2c1ccc(OC)cc1. The van der Waals surface area contributed by atoms with Crippen LogP contribution in [0.15, 0.2) is 30.3 Å². The lowest BCUT2D eigenvalue weighted by atomic mass is 9.83. The maximum atomic E-state index is 12.7. The molecule has 0 aromatic heterocycles. The summed E-state index contributed by atoms with van der Waals surface area (Å²) in [4.78, 5) is 12.7. The number of hydrogen-bond donors (Lipinski definition) is 0. The Bertz CT molecular complexity index is 919. The minimum absolute atomic E-state index is 0.134. The van der Waals surface area contributed by atoms with Crippen molar-refractivity contribution in [3.63, 3.8) is 0 Å². The molecule has 1 aliphatic heterocycles. The van der Waals surface area contributed by atoms with E-state index >= 15 is 0 Å². The molecule has 5 heteroatoms. The number of unbranched alkanes of at least 4 members (excludes halogenated alkanes) is 8. The molecular formula is C29H40O5. The molecule has 0 N–H and O–H groups in total. The molecule has 186 valence electrons. The lowest BCUT2D eigenvalue weighted by molar-refractivity contribution is -0.135. The van der Waals surface area contributed by atoms with E-state index < -0.39 is 0 Å². The number of rotatable bonds is 14. The standard InChI is InChI=1S/C29H40O5/c1-5-6-7-8-9-10-11-12-13-14-23-25(32-3)20-26(33-4)28-24(19-27(30)34-29(23)28)21-15-17-22(31-2)18-16-21/h15-18,20,24H,5-14,19H2,1-4H3. The first-order chi connectivity index (χ1) is 16.6. The number of methoxy groups -OCH3 is 3. The molecule has 0 amide bonds. The van der Waals surface area contributed by atoms with E-state index in [0.29, 0.717) is 11.5 Å². The number of hydrogen-bond acceptors (Lipinski definition) is 5. The Morgan fingerprint density at radius 2 is 1.44 bits per heavy atom. The first kappa shape index (κ1) is 25.9. The van der Waals surface area contributed by atoms with Crippen molar-refractivity contribution >= 4 is 5.97 Å². The number of ether oxygens (including phenoxy) is 4. The van der Waals surface area contributed by atoms with Crippen molar-refractivity contribution in [3.8, 4) is 23.0 Å². The largest absolute Gasteiger partial charge is 0.497 e. The van der Waals surface area contributed by atoms with Crippen molar-refractivity contribution < 1.29 is 23.7 Å². The zero-order valence-electron chi connectivity index (χ0n) is 21.3. The van der Waals surface area contributed by atoms with E-state index in [1.54, 1.807) is 21.3 Å². The first-order valence-corrected chi connectivity index (χ1v) is 12.7. The molecule has 1 heterocycles. The molecule has 0 saturated heterocycles. The molecule has 1 atom stereocenters. The van der Waals surface area contributed by atoms with E-state index in [0.717, 1.165) is 47.5 Å². The van der Waals surface area contributed by atoms with Crippen LogP contribution < -0.4 is 18.9 Å². The van der Waals surface area contributed by atoms with E-state index in [4.69, 9.17) is 18.9 Å². The third-order valence-electron chi connectivity index (χ3n) is 6.77. The van der Waals surface area contributed by atoms with Gasteiger partial charge in [-0.25, -0.2) is 0 Å². The number of benzene rings is 2. The van der Waals surface area contributed by atoms with Crippen molar-refractivity contribution in [2.24, 2.45) is 0 Å². The van der Waals surface area contributed by atoms with Gasteiger partial charge >= 0.3 is 5.97 Å². The lowest BCUT2D eigenvalue weighted by Crippen LogP contribution is -2.23. The van der Waals surface area contributed by atoms with Crippen molar-refractivity contribution in [1.82, 2.24) is 0 Å². The topological polar surface area (TPSA) is 54.0 Å². The lowest BCUT2D eigenvalue weighted by Gasteiger charge is -2.29. The van der Waals surface area contributed by atoms with Crippen LogP contribution in [-0.2, 0) is 11.2 Å². The second-order valence-corrected chi connectivity index (χ2v) is 9.08. The van der Waals surface area contributed by atoms with Gasteiger partial charge in [-0.1, -0.05) is 70.4 Å². The van der Waals surface area contributed by atoms with Gasteiger partial charge in [-0.15, -0.1) is 0 Å². The normalized spacial score (nSPS) is 14.9. The molecule has 0 radical (unpaired) electrons. The van der Waals surface area contributed by atoms with Gasteiger partial charge < -0.3 is 18.9 Å². The Morgan fingerprint density at radius 3 is 2.03 bits per heavy atom. The molecule has 34 heavy (non-hydrogen) atoms. The van der Waals surface area contributed by atoms with Crippen LogP contribution in [-0.4, -0.2) is 27.3 Å². The Kier molecular flexibility index (Phi) is 10.1. The van der Waals surface area contributed by atoms with Crippen LogP contribution in [0.2, 0.25) is 0 Å². The van der Waals surface area contributed by atoms with Crippen molar-refractivity contribution in [2.45, 2.75) is 83.5 Å². The molecule has 0 fully saturated rings. The van der Waals surface area contributed by atoms with Crippen LogP contribution >= 0.6 is 0 Å². The predicted molar refractivity (Wildman–Crippen MR) is 136 cm³/mol. The average molecular weight is 469 g/mol. The van der Waals surface area contributed by atoms with E-state index in [1.807, 2.05) is 30.3 Å². The summed E-state index contributed by atoms with van der Waals surface area (Å²) < 4.78 is 22.6. The van der Waals surface area contributed by atoms with E-state index in [-0.39, 0.29) is 18.3 Å². The Balaban J connectivity index is 1.79. The molecular weight excluding hydrogens is 428 g/mol. The summed E-state index contributed by atoms with van der Waals surface area (Å²) in [6.45, 7) is 2.25. The van der Waals surface area contributed by atoms with Gasteiger partial charge in [-0.05, 0) is 30.5 Å². The highest BCUT2D eigenvalue weighted by molar-refractivity contribution is 5.80. The van der Waals surface area contributed by atoms with Gasteiger partial charge in [0.05, 0.1) is 27.8 Å². The van der Waals surface area contributed by atoms with Gasteiger partial charge in [-0.2, -0.15) is 0 Å². The van der Waals surface area contributed by atoms with Crippen LogP contribution in [0.3, 0.4) is 0 Å². The Hall–Kier alpha value is -2.69. The van der Waals surface area contributed by atoms with Crippen LogP contribution in [0.5, 0.6) is 23.0 Å². The highest BCUT2D eigenvalue weighted by Crippen LogP contribution is 2.49. The molecule has 2 aromatic carbocycles. The predicted octanol–water partition coefficient (Wildman–Crippen LogP) is 7.23. The Morgan fingerprint density at radius 1 is 0.824 bits per heavy atom. The molecule has 1 aliphatic rings. The molecule has 0 aliphatic carbocycles. The molecule has 5 nitrogen and oxygen atoms in total. The molecule has 0 saturated carbocycles.